The molecule has 5 rings (SSSR count). The van der Waals surface area contributed by atoms with Crippen LogP contribution in [0.15, 0.2) is 60.7 Å². The molecule has 0 aliphatic carbocycles. The lowest BCUT2D eigenvalue weighted by Gasteiger charge is -2.35. The van der Waals surface area contributed by atoms with E-state index in [-0.39, 0.29) is 74.2 Å². The molecule has 0 saturated carbocycles. The molecule has 0 spiro atoms. The van der Waals surface area contributed by atoms with E-state index < -0.39 is 24.1 Å². The zero-order chi connectivity index (χ0) is 32.5. The number of hydrogen-bond donors (Lipinski definition) is 2. The summed E-state index contributed by atoms with van der Waals surface area (Å²) in [5.41, 5.74) is 1.43. The largest absolute Gasteiger partial charge is 0.527 e. The van der Waals surface area contributed by atoms with Crippen LogP contribution in [0.3, 0.4) is 0 Å². The summed E-state index contributed by atoms with van der Waals surface area (Å²) in [7, 11) is 0. The van der Waals surface area contributed by atoms with Gasteiger partial charge >= 0.3 is 12.1 Å². The van der Waals surface area contributed by atoms with E-state index in [9.17, 15) is 24.3 Å². The molecule has 2 fully saturated rings. The van der Waals surface area contributed by atoms with E-state index in [4.69, 9.17) is 19.0 Å². The summed E-state index contributed by atoms with van der Waals surface area (Å²) in [6, 6.07) is 15.7. The summed E-state index contributed by atoms with van der Waals surface area (Å²) in [6.45, 7) is 3.77. The highest BCUT2D eigenvalue weighted by Gasteiger charge is 2.31. The quantitative estimate of drug-likeness (QED) is 0.297. The number of benzene rings is 2. The Bertz CT molecular complexity index is 1520. The molecular formula is C32H35N5O9. The maximum absolute atomic E-state index is 13.9. The number of carboxylic acids is 1. The Balaban J connectivity index is 1.37. The average molecular weight is 634 g/mol. The van der Waals surface area contributed by atoms with Crippen LogP contribution in [0.1, 0.15) is 39.8 Å². The Kier molecular flexibility index (Phi) is 10.7. The van der Waals surface area contributed by atoms with Gasteiger partial charge in [0.1, 0.15) is 17.8 Å². The number of amides is 2. The molecule has 3 heterocycles. The molecule has 0 radical (unpaired) electrons. The third-order valence-electron chi connectivity index (χ3n) is 7.40. The molecule has 14 heteroatoms. The van der Waals surface area contributed by atoms with Gasteiger partial charge in [0.05, 0.1) is 38.5 Å². The van der Waals surface area contributed by atoms with Crippen molar-refractivity contribution < 1.29 is 43.3 Å². The lowest BCUT2D eigenvalue weighted by molar-refractivity contribution is -0.157. The summed E-state index contributed by atoms with van der Waals surface area (Å²) in [5, 5.41) is 13.6. The van der Waals surface area contributed by atoms with Crippen molar-refractivity contribution in [1.29, 1.82) is 0 Å². The molecule has 14 nitrogen and oxygen atoms in total. The monoisotopic (exact) mass is 633 g/mol. The minimum Gasteiger partial charge on any atom is -0.478 e. The second-order valence-electron chi connectivity index (χ2n) is 10.6. The van der Waals surface area contributed by atoms with Crippen LogP contribution in [0.2, 0.25) is 0 Å². The zero-order valence-corrected chi connectivity index (χ0v) is 25.3. The standard InChI is InChI=1S/C32H35N5O9/c1-2-44-32(42)46-37-15-13-36(14-16-37)30(39)26(18-21-8-10-23(11-9-21)31(40)41)34-29(38)25-19-27(45-24-12-17-43-20-24)35-28(33-25)22-6-4-3-5-7-22/h3-11,19,24,26H,2,12-18,20H2,1H3,(H,34,38)(H,40,41)/t24-,26?/m0/s1. The molecule has 2 saturated heterocycles. The van der Waals surface area contributed by atoms with Crippen LogP contribution >= 0.6 is 0 Å². The number of nitrogens with one attached hydrogen (secondary N) is 1. The first-order valence-corrected chi connectivity index (χ1v) is 15.0. The van der Waals surface area contributed by atoms with Crippen LogP contribution in [0.25, 0.3) is 11.4 Å². The Morgan fingerprint density at radius 2 is 1.76 bits per heavy atom. The third kappa shape index (κ3) is 8.55. The highest BCUT2D eigenvalue weighted by Crippen LogP contribution is 2.22. The normalized spacial score (nSPS) is 17.2. The van der Waals surface area contributed by atoms with Crippen LogP contribution in [0.4, 0.5) is 4.79 Å². The number of rotatable bonds is 11. The predicted molar refractivity (Wildman–Crippen MR) is 162 cm³/mol. The minimum atomic E-state index is -1.07. The van der Waals surface area contributed by atoms with Crippen molar-refractivity contribution in [3.8, 4) is 17.3 Å². The summed E-state index contributed by atoms with van der Waals surface area (Å²) < 4.78 is 16.3. The van der Waals surface area contributed by atoms with E-state index in [1.807, 2.05) is 30.3 Å². The van der Waals surface area contributed by atoms with Crippen molar-refractivity contribution in [3.63, 3.8) is 0 Å². The van der Waals surface area contributed by atoms with Crippen molar-refractivity contribution in [3.05, 3.63) is 77.5 Å². The molecule has 2 atom stereocenters. The number of aromatic carboxylic acids is 1. The number of hydroxylamine groups is 2. The summed E-state index contributed by atoms with van der Waals surface area (Å²) in [5.74, 6) is -1.55. The van der Waals surface area contributed by atoms with Gasteiger partial charge in [0, 0.05) is 37.6 Å². The highest BCUT2D eigenvalue weighted by molar-refractivity contribution is 5.97. The SMILES string of the molecule is CCOC(=O)ON1CCN(C(=O)C(Cc2ccc(C(=O)O)cc2)NC(=O)c2cc(O[C@H]3CCOC3)nc(-c3ccccc3)n2)CC1. The minimum absolute atomic E-state index is 0.00875. The van der Waals surface area contributed by atoms with E-state index >= 15 is 0 Å². The fourth-order valence-electron chi connectivity index (χ4n) is 5.02. The smallest absolute Gasteiger partial charge is 0.478 e. The van der Waals surface area contributed by atoms with Gasteiger partial charge < -0.3 is 34.4 Å². The van der Waals surface area contributed by atoms with Crippen LogP contribution in [-0.2, 0) is 25.5 Å². The summed E-state index contributed by atoms with van der Waals surface area (Å²) >= 11 is 0. The molecule has 0 bridgehead atoms. The predicted octanol–water partition coefficient (Wildman–Crippen LogP) is 2.58. The second-order valence-corrected chi connectivity index (χ2v) is 10.6. The summed E-state index contributed by atoms with van der Waals surface area (Å²) in [4.78, 5) is 66.5. The van der Waals surface area contributed by atoms with Gasteiger partial charge in [-0.25, -0.2) is 14.6 Å². The molecule has 2 amide bonds. The third-order valence-corrected chi connectivity index (χ3v) is 7.40. The van der Waals surface area contributed by atoms with Gasteiger partial charge in [0.15, 0.2) is 5.82 Å². The lowest BCUT2D eigenvalue weighted by atomic mass is 10.0. The van der Waals surface area contributed by atoms with E-state index in [0.717, 1.165) is 0 Å². The zero-order valence-electron chi connectivity index (χ0n) is 25.3. The first-order valence-electron chi connectivity index (χ1n) is 15.0. The average Bonchev–Trinajstić information content (AvgIpc) is 3.58. The molecule has 2 N–H and O–H groups in total. The van der Waals surface area contributed by atoms with E-state index in [0.29, 0.717) is 30.8 Å². The molecule has 2 aromatic carbocycles. The van der Waals surface area contributed by atoms with Gasteiger partial charge in [-0.1, -0.05) is 42.5 Å². The number of ether oxygens (including phenoxy) is 3. The van der Waals surface area contributed by atoms with E-state index in [1.165, 1.54) is 23.3 Å². The molecule has 46 heavy (non-hydrogen) atoms. The first-order chi connectivity index (χ1) is 22.3. The van der Waals surface area contributed by atoms with Crippen LogP contribution in [0.5, 0.6) is 5.88 Å². The number of carbonyl (C=O) groups excluding carboxylic acids is 3. The van der Waals surface area contributed by atoms with Gasteiger partial charge in [-0.3, -0.25) is 9.59 Å². The van der Waals surface area contributed by atoms with E-state index in [2.05, 4.69) is 15.3 Å². The van der Waals surface area contributed by atoms with Crippen molar-refractivity contribution in [2.75, 3.05) is 46.0 Å². The maximum Gasteiger partial charge on any atom is 0.527 e. The Hall–Kier alpha value is -5.08. The Morgan fingerprint density at radius 1 is 1.02 bits per heavy atom. The highest BCUT2D eigenvalue weighted by atomic mass is 16.8. The van der Waals surface area contributed by atoms with Crippen molar-refractivity contribution in [1.82, 2.24) is 25.2 Å². The van der Waals surface area contributed by atoms with Crippen LogP contribution < -0.4 is 10.1 Å². The Morgan fingerprint density at radius 3 is 2.41 bits per heavy atom. The number of aromatic nitrogens is 2. The van der Waals surface area contributed by atoms with Crippen LogP contribution in [0, 0.1) is 0 Å². The number of carboxylic acid groups (broad SMARTS) is 1. The fourth-order valence-corrected chi connectivity index (χ4v) is 5.02. The number of nitrogens with zero attached hydrogens (tertiary/aromatic N) is 4. The number of carbonyl (C=O) groups is 4. The second kappa shape index (κ2) is 15.3. The van der Waals surface area contributed by atoms with Crippen molar-refractivity contribution in [2.24, 2.45) is 0 Å². The molecule has 1 unspecified atom stereocenters. The molecule has 1 aromatic heterocycles. The van der Waals surface area contributed by atoms with Gasteiger partial charge in [-0.15, -0.1) is 5.06 Å². The fraction of sp³-hybridized carbons (Fsp3) is 0.375. The first kappa shape index (κ1) is 32.3. The maximum atomic E-state index is 13.9. The van der Waals surface area contributed by atoms with Gasteiger partial charge in [0.2, 0.25) is 11.8 Å². The van der Waals surface area contributed by atoms with E-state index in [1.54, 1.807) is 24.0 Å². The lowest BCUT2D eigenvalue weighted by Crippen LogP contribution is -2.55. The van der Waals surface area contributed by atoms with Gasteiger partial charge in [-0.2, -0.15) is 4.98 Å². The Labute approximate surface area is 265 Å². The number of piperazine rings is 1. The van der Waals surface area contributed by atoms with Gasteiger partial charge in [0.25, 0.3) is 5.91 Å². The molecule has 3 aromatic rings. The number of hydrogen-bond acceptors (Lipinski definition) is 11. The molecule has 2 aliphatic rings. The topological polar surface area (TPSA) is 170 Å². The van der Waals surface area contributed by atoms with Crippen molar-refractivity contribution in [2.45, 2.75) is 31.9 Å². The molecular weight excluding hydrogens is 598 g/mol. The van der Waals surface area contributed by atoms with Crippen molar-refractivity contribution >= 4 is 23.9 Å². The summed E-state index contributed by atoms with van der Waals surface area (Å²) in [6.07, 6.45) is -0.268. The van der Waals surface area contributed by atoms with Gasteiger partial charge in [-0.05, 0) is 24.6 Å². The van der Waals surface area contributed by atoms with Crippen LogP contribution in [-0.4, -0.2) is 107 Å². The molecule has 242 valence electrons. The molecule has 2 aliphatic heterocycles.